The van der Waals surface area contributed by atoms with Crippen LogP contribution in [0.1, 0.15) is 25.7 Å². The monoisotopic (exact) mass is 214 g/mol. The third-order valence-corrected chi connectivity index (χ3v) is 3.34. The third kappa shape index (κ3) is 2.28. The Hall–Kier alpha value is -1.10. The van der Waals surface area contributed by atoms with Gasteiger partial charge in [-0.15, -0.1) is 0 Å². The number of carbonyl (C=O) groups excluding carboxylic acids is 1. The molecule has 15 heavy (non-hydrogen) atoms. The van der Waals surface area contributed by atoms with Crippen molar-refractivity contribution in [1.29, 1.82) is 0 Å². The van der Waals surface area contributed by atoms with Crippen LogP contribution in [0.4, 0.5) is 0 Å². The molecule has 0 unspecified atom stereocenters. The van der Waals surface area contributed by atoms with Gasteiger partial charge in [0.25, 0.3) is 0 Å². The first-order valence-corrected chi connectivity index (χ1v) is 5.19. The first-order chi connectivity index (χ1) is 7.05. The van der Waals surface area contributed by atoms with Crippen molar-refractivity contribution >= 4 is 11.9 Å². The number of amides is 1. The van der Waals surface area contributed by atoms with E-state index in [1.165, 1.54) is 0 Å². The smallest absolute Gasteiger partial charge is 0.323 e. The zero-order chi connectivity index (χ0) is 11.5. The fourth-order valence-electron chi connectivity index (χ4n) is 2.15. The first kappa shape index (κ1) is 12.0. The molecule has 86 valence electrons. The van der Waals surface area contributed by atoms with Crippen molar-refractivity contribution in [3.63, 3.8) is 0 Å². The molecule has 1 saturated carbocycles. The van der Waals surface area contributed by atoms with Gasteiger partial charge in [0.1, 0.15) is 5.54 Å². The van der Waals surface area contributed by atoms with E-state index in [1.807, 2.05) is 0 Å². The molecule has 0 saturated heterocycles. The van der Waals surface area contributed by atoms with E-state index in [9.17, 15) is 9.59 Å². The van der Waals surface area contributed by atoms with Crippen LogP contribution in [0.25, 0.3) is 0 Å². The van der Waals surface area contributed by atoms with Gasteiger partial charge in [-0.25, -0.2) is 0 Å². The first-order valence-electron chi connectivity index (χ1n) is 5.19. The van der Waals surface area contributed by atoms with Crippen LogP contribution in [0.15, 0.2) is 0 Å². The highest BCUT2D eigenvalue weighted by Crippen LogP contribution is 2.32. The Morgan fingerprint density at radius 2 is 1.80 bits per heavy atom. The molecule has 0 radical (unpaired) electrons. The molecule has 0 aromatic carbocycles. The zero-order valence-electron chi connectivity index (χ0n) is 9.17. The molecule has 0 bridgehead atoms. The van der Waals surface area contributed by atoms with E-state index in [2.05, 4.69) is 10.6 Å². The Morgan fingerprint density at radius 3 is 2.13 bits per heavy atom. The summed E-state index contributed by atoms with van der Waals surface area (Å²) in [7, 11) is 3.27. The highest BCUT2D eigenvalue weighted by molar-refractivity contribution is 5.81. The van der Waals surface area contributed by atoms with Crippen LogP contribution in [0.2, 0.25) is 0 Å². The largest absolute Gasteiger partial charge is 0.480 e. The molecule has 0 heterocycles. The number of carboxylic acids is 1. The Kier molecular flexibility index (Phi) is 3.68. The Labute approximate surface area is 89.2 Å². The quantitative estimate of drug-likeness (QED) is 0.616. The summed E-state index contributed by atoms with van der Waals surface area (Å²) in [6.07, 6.45) is 2.29. The number of nitrogens with one attached hydrogen (secondary N) is 2. The van der Waals surface area contributed by atoms with E-state index < -0.39 is 11.5 Å². The van der Waals surface area contributed by atoms with Crippen molar-refractivity contribution in [3.05, 3.63) is 0 Å². The minimum absolute atomic E-state index is 0.0186. The lowest BCUT2D eigenvalue weighted by atomic mass is 9.76. The van der Waals surface area contributed by atoms with Gasteiger partial charge in [-0.05, 0) is 32.7 Å². The number of hydrogen-bond donors (Lipinski definition) is 3. The van der Waals surface area contributed by atoms with E-state index in [0.717, 1.165) is 0 Å². The molecule has 1 fully saturated rings. The predicted octanol–water partition coefficient (Wildman–Crippen LogP) is -0.0346. The van der Waals surface area contributed by atoms with Gasteiger partial charge in [-0.3, -0.25) is 9.59 Å². The average Bonchev–Trinajstić information content (AvgIpc) is 2.28. The summed E-state index contributed by atoms with van der Waals surface area (Å²) in [5.41, 5.74) is -0.829. The van der Waals surface area contributed by atoms with Crippen molar-refractivity contribution in [3.8, 4) is 0 Å². The number of aliphatic carboxylic acids is 1. The summed E-state index contributed by atoms with van der Waals surface area (Å²) < 4.78 is 0. The molecule has 5 heteroatoms. The molecule has 3 N–H and O–H groups in total. The van der Waals surface area contributed by atoms with Crippen molar-refractivity contribution < 1.29 is 14.7 Å². The Balaban J connectivity index is 2.61. The molecule has 1 rings (SSSR count). The van der Waals surface area contributed by atoms with E-state index in [0.29, 0.717) is 25.7 Å². The lowest BCUT2D eigenvalue weighted by Crippen LogP contribution is -2.53. The zero-order valence-corrected chi connectivity index (χ0v) is 9.17. The predicted molar refractivity (Wildman–Crippen MR) is 55.5 cm³/mol. The standard InChI is InChI=1S/C10H18N2O3/c1-11-8(13)7-3-5-10(12-2,6-4-7)9(14)15/h7,12H,3-6H2,1-2H3,(H,11,13)(H,14,15). The average molecular weight is 214 g/mol. The van der Waals surface area contributed by atoms with Gasteiger partial charge in [0.05, 0.1) is 0 Å². The van der Waals surface area contributed by atoms with Crippen molar-refractivity contribution in [2.75, 3.05) is 14.1 Å². The lowest BCUT2D eigenvalue weighted by Gasteiger charge is -2.35. The van der Waals surface area contributed by atoms with E-state index in [1.54, 1.807) is 14.1 Å². The van der Waals surface area contributed by atoms with Gasteiger partial charge in [-0.1, -0.05) is 0 Å². The second-order valence-corrected chi connectivity index (χ2v) is 4.03. The number of carbonyl (C=O) groups is 2. The van der Waals surface area contributed by atoms with Crippen molar-refractivity contribution in [1.82, 2.24) is 10.6 Å². The van der Waals surface area contributed by atoms with Gasteiger partial charge in [0.15, 0.2) is 0 Å². The van der Waals surface area contributed by atoms with Crippen LogP contribution in [-0.4, -0.2) is 36.6 Å². The van der Waals surface area contributed by atoms with Crippen LogP contribution in [-0.2, 0) is 9.59 Å². The molecule has 0 spiro atoms. The highest BCUT2D eigenvalue weighted by atomic mass is 16.4. The molecule has 0 aromatic heterocycles. The minimum atomic E-state index is -0.829. The Bertz CT molecular complexity index is 257. The van der Waals surface area contributed by atoms with Gasteiger partial charge < -0.3 is 15.7 Å². The Morgan fingerprint density at radius 1 is 1.27 bits per heavy atom. The molecular formula is C10H18N2O3. The van der Waals surface area contributed by atoms with Crippen molar-refractivity contribution in [2.45, 2.75) is 31.2 Å². The maximum Gasteiger partial charge on any atom is 0.323 e. The maximum atomic E-state index is 11.4. The molecule has 5 nitrogen and oxygen atoms in total. The second kappa shape index (κ2) is 4.61. The van der Waals surface area contributed by atoms with Crippen LogP contribution in [0.5, 0.6) is 0 Å². The summed E-state index contributed by atoms with van der Waals surface area (Å²) >= 11 is 0. The number of rotatable bonds is 3. The van der Waals surface area contributed by atoms with Crippen molar-refractivity contribution in [2.24, 2.45) is 5.92 Å². The molecule has 1 amide bonds. The number of hydrogen-bond acceptors (Lipinski definition) is 3. The fourth-order valence-corrected chi connectivity index (χ4v) is 2.15. The summed E-state index contributed by atoms with van der Waals surface area (Å²) in [5, 5.41) is 14.6. The lowest BCUT2D eigenvalue weighted by molar-refractivity contribution is -0.147. The SMILES string of the molecule is CNC(=O)C1CCC(NC)(C(=O)O)CC1. The van der Waals surface area contributed by atoms with Crippen LogP contribution in [0.3, 0.4) is 0 Å². The molecule has 1 aliphatic carbocycles. The van der Waals surface area contributed by atoms with E-state index in [4.69, 9.17) is 5.11 Å². The summed E-state index contributed by atoms with van der Waals surface area (Å²) in [5.74, 6) is -0.832. The van der Waals surface area contributed by atoms with E-state index >= 15 is 0 Å². The van der Waals surface area contributed by atoms with Gasteiger partial charge in [-0.2, -0.15) is 0 Å². The van der Waals surface area contributed by atoms with Gasteiger partial charge >= 0.3 is 5.97 Å². The fraction of sp³-hybridized carbons (Fsp3) is 0.800. The molecule has 0 atom stereocenters. The second-order valence-electron chi connectivity index (χ2n) is 4.03. The summed E-state index contributed by atoms with van der Waals surface area (Å²) in [6.45, 7) is 0. The van der Waals surface area contributed by atoms with Gasteiger partial charge in [0, 0.05) is 13.0 Å². The molecule has 0 aliphatic heterocycles. The summed E-state index contributed by atoms with van der Waals surface area (Å²) in [6, 6.07) is 0. The van der Waals surface area contributed by atoms with Gasteiger partial charge in [0.2, 0.25) is 5.91 Å². The van der Waals surface area contributed by atoms with Crippen LogP contribution < -0.4 is 10.6 Å². The van der Waals surface area contributed by atoms with E-state index in [-0.39, 0.29) is 11.8 Å². The van der Waals surface area contributed by atoms with Crippen LogP contribution >= 0.6 is 0 Å². The normalized spacial score (nSPS) is 30.9. The minimum Gasteiger partial charge on any atom is -0.480 e. The summed E-state index contributed by atoms with van der Waals surface area (Å²) in [4.78, 5) is 22.4. The number of carboxylic acid groups (broad SMARTS) is 1. The highest BCUT2D eigenvalue weighted by Gasteiger charge is 2.41. The molecule has 0 aromatic rings. The topological polar surface area (TPSA) is 78.4 Å². The molecular weight excluding hydrogens is 196 g/mol. The number of likely N-dealkylation sites (N-methyl/N-ethyl adjacent to an activating group) is 1. The van der Waals surface area contributed by atoms with Crippen LogP contribution in [0, 0.1) is 5.92 Å². The third-order valence-electron chi connectivity index (χ3n) is 3.34. The maximum absolute atomic E-state index is 11.4. The molecule has 1 aliphatic rings.